The summed E-state index contributed by atoms with van der Waals surface area (Å²) in [5.41, 5.74) is 0. The van der Waals surface area contributed by atoms with Gasteiger partial charge in [-0.3, -0.25) is 0 Å². The van der Waals surface area contributed by atoms with E-state index in [0.29, 0.717) is 6.10 Å². The Morgan fingerprint density at radius 1 is 0.895 bits per heavy atom. The minimum absolute atomic E-state index is 0.530. The molecule has 0 bridgehead atoms. The number of hydrogen-bond donors (Lipinski definition) is 1. The molecule has 3 unspecified atom stereocenters. The van der Waals surface area contributed by atoms with E-state index in [1.165, 1.54) is 57.8 Å². The zero-order chi connectivity index (χ0) is 13.5. The second-order valence-electron chi connectivity index (χ2n) is 6.90. The normalized spacial score (nSPS) is 34.1. The van der Waals surface area contributed by atoms with Crippen LogP contribution in [0.3, 0.4) is 0 Å². The van der Waals surface area contributed by atoms with Gasteiger partial charge in [0.15, 0.2) is 0 Å². The number of hydrogen-bond acceptors (Lipinski definition) is 2. The molecule has 0 aromatic heterocycles. The number of nitrogens with one attached hydrogen (secondary N) is 1. The standard InChI is InChI=1S/C17H33NO/c1-14-9-10-17(13-15(14)2)19-12-11-18-16-7-5-3-4-6-8-16/h14-18H,3-13H2,1-2H3. The minimum atomic E-state index is 0.530. The number of ether oxygens (including phenoxy) is 1. The largest absolute Gasteiger partial charge is 0.377 e. The van der Waals surface area contributed by atoms with Crippen molar-refractivity contribution < 1.29 is 4.74 Å². The van der Waals surface area contributed by atoms with Crippen molar-refractivity contribution in [1.29, 1.82) is 0 Å². The fourth-order valence-electron chi connectivity index (χ4n) is 3.62. The van der Waals surface area contributed by atoms with Crippen LogP contribution in [0.2, 0.25) is 0 Å². The Kier molecular flexibility index (Phi) is 6.66. The molecule has 1 N–H and O–H groups in total. The van der Waals surface area contributed by atoms with Gasteiger partial charge in [0.05, 0.1) is 12.7 Å². The summed E-state index contributed by atoms with van der Waals surface area (Å²) >= 11 is 0. The molecule has 3 atom stereocenters. The van der Waals surface area contributed by atoms with Crippen molar-refractivity contribution in [2.45, 2.75) is 83.8 Å². The highest BCUT2D eigenvalue weighted by Crippen LogP contribution is 2.30. The van der Waals surface area contributed by atoms with Crippen molar-refractivity contribution in [3.63, 3.8) is 0 Å². The van der Waals surface area contributed by atoms with Crippen molar-refractivity contribution in [3.8, 4) is 0 Å². The highest BCUT2D eigenvalue weighted by atomic mass is 16.5. The molecule has 0 radical (unpaired) electrons. The lowest BCUT2D eigenvalue weighted by atomic mass is 9.80. The van der Waals surface area contributed by atoms with Crippen molar-refractivity contribution in [1.82, 2.24) is 5.32 Å². The third-order valence-corrected chi connectivity index (χ3v) is 5.29. The van der Waals surface area contributed by atoms with Crippen LogP contribution in [0.5, 0.6) is 0 Å². The maximum Gasteiger partial charge on any atom is 0.0594 e. The Labute approximate surface area is 119 Å². The van der Waals surface area contributed by atoms with Crippen LogP contribution < -0.4 is 5.32 Å². The first-order chi connectivity index (χ1) is 9.25. The van der Waals surface area contributed by atoms with Crippen molar-refractivity contribution in [3.05, 3.63) is 0 Å². The quantitative estimate of drug-likeness (QED) is 0.597. The van der Waals surface area contributed by atoms with E-state index in [-0.39, 0.29) is 0 Å². The van der Waals surface area contributed by atoms with Gasteiger partial charge in [-0.05, 0) is 43.9 Å². The van der Waals surface area contributed by atoms with Gasteiger partial charge in [0.1, 0.15) is 0 Å². The number of rotatable bonds is 5. The first-order valence-corrected chi connectivity index (χ1v) is 8.60. The fraction of sp³-hybridized carbons (Fsp3) is 1.00. The fourth-order valence-corrected chi connectivity index (χ4v) is 3.62. The molecule has 2 fully saturated rings. The molecule has 2 aliphatic carbocycles. The lowest BCUT2D eigenvalue weighted by Crippen LogP contribution is -2.34. The molecule has 0 spiro atoms. The molecule has 2 saturated carbocycles. The smallest absolute Gasteiger partial charge is 0.0594 e. The van der Waals surface area contributed by atoms with E-state index in [2.05, 4.69) is 19.2 Å². The maximum atomic E-state index is 6.06. The van der Waals surface area contributed by atoms with Crippen LogP contribution in [-0.2, 0) is 4.74 Å². The molecule has 2 aliphatic rings. The van der Waals surface area contributed by atoms with Crippen LogP contribution in [0, 0.1) is 11.8 Å². The van der Waals surface area contributed by atoms with Gasteiger partial charge in [0.25, 0.3) is 0 Å². The molecule has 19 heavy (non-hydrogen) atoms. The second-order valence-corrected chi connectivity index (χ2v) is 6.90. The van der Waals surface area contributed by atoms with Gasteiger partial charge >= 0.3 is 0 Å². The molecule has 0 amide bonds. The van der Waals surface area contributed by atoms with Gasteiger partial charge in [-0.1, -0.05) is 39.5 Å². The Morgan fingerprint density at radius 2 is 1.63 bits per heavy atom. The summed E-state index contributed by atoms with van der Waals surface area (Å²) < 4.78 is 6.06. The van der Waals surface area contributed by atoms with Crippen LogP contribution in [0.1, 0.15) is 71.6 Å². The minimum Gasteiger partial charge on any atom is -0.377 e. The summed E-state index contributed by atoms with van der Waals surface area (Å²) in [5.74, 6) is 1.73. The van der Waals surface area contributed by atoms with E-state index in [0.717, 1.165) is 31.0 Å². The topological polar surface area (TPSA) is 21.3 Å². The molecule has 0 aromatic rings. The van der Waals surface area contributed by atoms with Crippen LogP contribution in [0.25, 0.3) is 0 Å². The summed E-state index contributed by atoms with van der Waals surface area (Å²) in [6.07, 6.45) is 12.9. The van der Waals surface area contributed by atoms with E-state index in [9.17, 15) is 0 Å². The molecular formula is C17H33NO. The van der Waals surface area contributed by atoms with Crippen LogP contribution in [0.4, 0.5) is 0 Å². The monoisotopic (exact) mass is 267 g/mol. The van der Waals surface area contributed by atoms with E-state index in [1.807, 2.05) is 0 Å². The zero-order valence-corrected chi connectivity index (χ0v) is 13.0. The average molecular weight is 267 g/mol. The van der Waals surface area contributed by atoms with E-state index in [1.54, 1.807) is 0 Å². The van der Waals surface area contributed by atoms with Gasteiger partial charge < -0.3 is 10.1 Å². The summed E-state index contributed by atoms with van der Waals surface area (Å²) in [6.45, 7) is 6.71. The molecule has 2 heteroatoms. The Bertz CT molecular complexity index is 235. The summed E-state index contributed by atoms with van der Waals surface area (Å²) in [5, 5.41) is 3.70. The first kappa shape index (κ1) is 15.3. The summed E-state index contributed by atoms with van der Waals surface area (Å²) in [7, 11) is 0. The molecule has 0 saturated heterocycles. The molecule has 112 valence electrons. The molecule has 0 aromatic carbocycles. The van der Waals surface area contributed by atoms with Gasteiger partial charge in [0, 0.05) is 12.6 Å². The van der Waals surface area contributed by atoms with Crippen molar-refractivity contribution in [2.75, 3.05) is 13.2 Å². The lowest BCUT2D eigenvalue weighted by molar-refractivity contribution is 0.00350. The van der Waals surface area contributed by atoms with Gasteiger partial charge in [0.2, 0.25) is 0 Å². The molecule has 0 aliphatic heterocycles. The molecule has 2 rings (SSSR count). The van der Waals surface area contributed by atoms with Crippen LogP contribution >= 0.6 is 0 Å². The van der Waals surface area contributed by atoms with Crippen molar-refractivity contribution >= 4 is 0 Å². The third kappa shape index (κ3) is 5.43. The van der Waals surface area contributed by atoms with Crippen molar-refractivity contribution in [2.24, 2.45) is 11.8 Å². The van der Waals surface area contributed by atoms with Gasteiger partial charge in [-0.2, -0.15) is 0 Å². The van der Waals surface area contributed by atoms with E-state index in [4.69, 9.17) is 4.74 Å². The Morgan fingerprint density at radius 3 is 2.32 bits per heavy atom. The second kappa shape index (κ2) is 8.26. The predicted octanol–water partition coefficient (Wildman–Crippen LogP) is 4.14. The van der Waals surface area contributed by atoms with Crippen LogP contribution in [-0.4, -0.2) is 25.3 Å². The SMILES string of the molecule is CC1CCC(OCCNC2CCCCCC2)CC1C. The lowest BCUT2D eigenvalue weighted by Gasteiger charge is -2.32. The van der Waals surface area contributed by atoms with Crippen LogP contribution in [0.15, 0.2) is 0 Å². The molecular weight excluding hydrogens is 234 g/mol. The van der Waals surface area contributed by atoms with Gasteiger partial charge in [-0.15, -0.1) is 0 Å². The van der Waals surface area contributed by atoms with E-state index < -0.39 is 0 Å². The summed E-state index contributed by atoms with van der Waals surface area (Å²) in [4.78, 5) is 0. The maximum absolute atomic E-state index is 6.06. The predicted molar refractivity (Wildman–Crippen MR) is 81.4 cm³/mol. The highest BCUT2D eigenvalue weighted by molar-refractivity contribution is 4.76. The van der Waals surface area contributed by atoms with E-state index >= 15 is 0 Å². The third-order valence-electron chi connectivity index (χ3n) is 5.29. The average Bonchev–Trinajstić information content (AvgIpc) is 2.67. The first-order valence-electron chi connectivity index (χ1n) is 8.60. The zero-order valence-electron chi connectivity index (χ0n) is 13.0. The Hall–Kier alpha value is -0.0800. The molecule has 2 nitrogen and oxygen atoms in total. The van der Waals surface area contributed by atoms with Gasteiger partial charge in [-0.25, -0.2) is 0 Å². The molecule has 0 heterocycles. The highest BCUT2D eigenvalue weighted by Gasteiger charge is 2.24. The summed E-state index contributed by atoms with van der Waals surface area (Å²) in [6, 6.07) is 0.761. The Balaban J connectivity index is 1.54.